The Balaban J connectivity index is 3.01. The molecular weight excluding hydrogens is 204 g/mol. The molecule has 5 nitrogen and oxygen atoms in total. The van der Waals surface area contributed by atoms with E-state index in [1.54, 1.807) is 0 Å². The molecule has 1 rings (SSSR count). The summed E-state index contributed by atoms with van der Waals surface area (Å²) in [4.78, 5) is 10.7. The zero-order valence-corrected chi connectivity index (χ0v) is 8.26. The minimum atomic E-state index is -3.34. The quantitative estimate of drug-likeness (QED) is 0.792. The Hall–Kier alpha value is -1.56. The van der Waals surface area contributed by atoms with Gasteiger partial charge in [-0.05, 0) is 18.2 Å². The van der Waals surface area contributed by atoms with Crippen LogP contribution in [0.4, 0.5) is 5.69 Å². The SMILES string of the molecule is CS(=O)(=O)Nc1cccc(C([NH])=O)c1. The van der Waals surface area contributed by atoms with E-state index in [2.05, 4.69) is 4.72 Å². The number of hydrogen-bond acceptors (Lipinski definition) is 3. The van der Waals surface area contributed by atoms with Crippen LogP contribution in [0.15, 0.2) is 24.3 Å². The van der Waals surface area contributed by atoms with Gasteiger partial charge in [0.2, 0.25) is 10.0 Å². The summed E-state index contributed by atoms with van der Waals surface area (Å²) in [7, 11) is -3.34. The summed E-state index contributed by atoms with van der Waals surface area (Å²) < 4.78 is 23.9. The van der Waals surface area contributed by atoms with Crippen molar-refractivity contribution in [3.05, 3.63) is 29.8 Å². The number of anilines is 1. The number of carbonyl (C=O) groups is 1. The maximum Gasteiger partial charge on any atom is 0.269 e. The summed E-state index contributed by atoms with van der Waals surface area (Å²) in [5.74, 6) is -0.845. The molecule has 2 N–H and O–H groups in total. The molecule has 1 amide bonds. The second-order valence-electron chi connectivity index (χ2n) is 2.78. The van der Waals surface area contributed by atoms with Gasteiger partial charge >= 0.3 is 0 Å². The number of sulfonamides is 1. The Kier molecular flexibility index (Phi) is 2.76. The van der Waals surface area contributed by atoms with Gasteiger partial charge in [-0.3, -0.25) is 15.3 Å². The zero-order valence-electron chi connectivity index (χ0n) is 7.44. The maximum absolute atomic E-state index is 10.8. The van der Waals surface area contributed by atoms with E-state index in [0.717, 1.165) is 6.26 Å². The molecule has 1 aromatic carbocycles. The monoisotopic (exact) mass is 213 g/mol. The molecule has 1 aromatic rings. The van der Waals surface area contributed by atoms with Crippen molar-refractivity contribution < 1.29 is 13.2 Å². The highest BCUT2D eigenvalue weighted by Gasteiger charge is 2.05. The largest absolute Gasteiger partial charge is 0.284 e. The van der Waals surface area contributed by atoms with Gasteiger partial charge in [-0.25, -0.2) is 8.42 Å². The van der Waals surface area contributed by atoms with E-state index in [9.17, 15) is 13.2 Å². The van der Waals surface area contributed by atoms with Gasteiger partial charge in [0.1, 0.15) is 0 Å². The predicted molar refractivity (Wildman–Crippen MR) is 52.3 cm³/mol. The number of amides is 1. The van der Waals surface area contributed by atoms with E-state index in [0.29, 0.717) is 0 Å². The van der Waals surface area contributed by atoms with Gasteiger partial charge in [0, 0.05) is 11.3 Å². The number of nitrogens with one attached hydrogen (secondary N) is 2. The summed E-state index contributed by atoms with van der Waals surface area (Å²) in [6.45, 7) is 0. The molecule has 0 spiro atoms. The highest BCUT2D eigenvalue weighted by molar-refractivity contribution is 7.92. The van der Waals surface area contributed by atoms with Crippen molar-refractivity contribution in [2.45, 2.75) is 0 Å². The highest BCUT2D eigenvalue weighted by atomic mass is 32.2. The number of carbonyl (C=O) groups excluding carboxylic acids is 1. The fourth-order valence-electron chi connectivity index (χ4n) is 0.938. The average Bonchev–Trinajstić information content (AvgIpc) is 2.01. The predicted octanol–water partition coefficient (Wildman–Crippen LogP) is 0.481. The summed E-state index contributed by atoms with van der Waals surface area (Å²) in [6, 6.07) is 5.78. The van der Waals surface area contributed by atoms with Crippen molar-refractivity contribution in [1.29, 1.82) is 0 Å². The molecule has 0 aromatic heterocycles. The molecule has 75 valence electrons. The summed E-state index contributed by atoms with van der Waals surface area (Å²) in [5, 5.41) is 0. The molecule has 0 heterocycles. The van der Waals surface area contributed by atoms with E-state index < -0.39 is 15.9 Å². The van der Waals surface area contributed by atoms with Crippen molar-refractivity contribution in [2.24, 2.45) is 0 Å². The number of rotatable bonds is 3. The molecule has 0 fully saturated rings. The van der Waals surface area contributed by atoms with Crippen LogP contribution >= 0.6 is 0 Å². The van der Waals surface area contributed by atoms with Crippen LogP contribution in [0.25, 0.3) is 0 Å². The molecule has 0 unspecified atom stereocenters. The first kappa shape index (κ1) is 10.5. The smallest absolute Gasteiger partial charge is 0.269 e. The molecule has 0 aliphatic carbocycles. The lowest BCUT2D eigenvalue weighted by Crippen LogP contribution is -2.10. The van der Waals surface area contributed by atoms with Crippen LogP contribution in [0, 0.1) is 0 Å². The lowest BCUT2D eigenvalue weighted by atomic mass is 10.2. The van der Waals surface area contributed by atoms with Crippen LogP contribution in [0.1, 0.15) is 10.4 Å². The van der Waals surface area contributed by atoms with Gasteiger partial charge in [-0.15, -0.1) is 0 Å². The van der Waals surface area contributed by atoms with Crippen molar-refractivity contribution in [1.82, 2.24) is 5.73 Å². The Morgan fingerprint density at radius 2 is 2.07 bits per heavy atom. The zero-order chi connectivity index (χ0) is 10.8. The minimum Gasteiger partial charge on any atom is -0.284 e. The summed E-state index contributed by atoms with van der Waals surface area (Å²) >= 11 is 0. The third kappa shape index (κ3) is 3.06. The first-order chi connectivity index (χ1) is 6.38. The summed E-state index contributed by atoms with van der Waals surface area (Å²) in [6.07, 6.45) is 1.02. The van der Waals surface area contributed by atoms with Crippen molar-refractivity contribution >= 4 is 21.6 Å². The van der Waals surface area contributed by atoms with Crippen LogP contribution in [-0.4, -0.2) is 20.6 Å². The van der Waals surface area contributed by atoms with Crippen molar-refractivity contribution in [2.75, 3.05) is 11.0 Å². The van der Waals surface area contributed by atoms with Gasteiger partial charge in [-0.1, -0.05) is 6.07 Å². The molecule has 6 heteroatoms. The fourth-order valence-corrected chi connectivity index (χ4v) is 1.49. The lowest BCUT2D eigenvalue weighted by Gasteiger charge is -2.03. The molecule has 0 aliphatic rings. The molecule has 0 saturated heterocycles. The molecule has 0 aliphatic heterocycles. The Morgan fingerprint density at radius 1 is 1.43 bits per heavy atom. The van der Waals surface area contributed by atoms with Gasteiger partial charge in [0.05, 0.1) is 6.26 Å². The first-order valence-corrected chi connectivity index (χ1v) is 5.61. The van der Waals surface area contributed by atoms with Crippen LogP contribution < -0.4 is 10.5 Å². The standard InChI is InChI=1S/C8H9N2O3S/c1-14(12,13)10-7-4-2-3-6(5-7)8(9)11/h2-5,9-10H,1H3. The van der Waals surface area contributed by atoms with Gasteiger partial charge < -0.3 is 0 Å². The number of hydrogen-bond donors (Lipinski definition) is 1. The van der Waals surface area contributed by atoms with Gasteiger partial charge in [-0.2, -0.15) is 0 Å². The van der Waals surface area contributed by atoms with Gasteiger partial charge in [0.25, 0.3) is 5.91 Å². The van der Waals surface area contributed by atoms with E-state index in [1.165, 1.54) is 24.3 Å². The Morgan fingerprint density at radius 3 is 2.57 bits per heavy atom. The molecule has 14 heavy (non-hydrogen) atoms. The van der Waals surface area contributed by atoms with Crippen LogP contribution in [0.3, 0.4) is 0 Å². The second kappa shape index (κ2) is 3.67. The maximum atomic E-state index is 10.8. The molecular formula is C8H9N2O3S. The average molecular weight is 213 g/mol. The van der Waals surface area contributed by atoms with Crippen molar-refractivity contribution in [3.8, 4) is 0 Å². The van der Waals surface area contributed by atoms with E-state index in [1.807, 2.05) is 0 Å². The molecule has 0 bridgehead atoms. The van der Waals surface area contributed by atoms with Crippen molar-refractivity contribution in [3.63, 3.8) is 0 Å². The van der Waals surface area contributed by atoms with E-state index >= 15 is 0 Å². The lowest BCUT2D eigenvalue weighted by molar-refractivity contribution is 0.0992. The fraction of sp³-hybridized carbons (Fsp3) is 0.125. The van der Waals surface area contributed by atoms with Crippen LogP contribution in [0.2, 0.25) is 0 Å². The second-order valence-corrected chi connectivity index (χ2v) is 4.53. The molecule has 0 saturated carbocycles. The Labute approximate surface area is 82.0 Å². The minimum absolute atomic E-state index is 0.152. The third-order valence-corrected chi connectivity index (χ3v) is 2.03. The number of benzene rings is 1. The van der Waals surface area contributed by atoms with Gasteiger partial charge in [0.15, 0.2) is 0 Å². The molecule has 0 atom stereocenters. The van der Waals surface area contributed by atoms with Crippen LogP contribution in [-0.2, 0) is 10.0 Å². The third-order valence-electron chi connectivity index (χ3n) is 1.43. The summed E-state index contributed by atoms with van der Waals surface area (Å²) in [5.41, 5.74) is 7.26. The van der Waals surface area contributed by atoms with E-state index in [4.69, 9.17) is 5.73 Å². The van der Waals surface area contributed by atoms with E-state index in [-0.39, 0.29) is 11.3 Å². The topological polar surface area (TPSA) is 87.0 Å². The highest BCUT2D eigenvalue weighted by Crippen LogP contribution is 2.11. The molecule has 1 radical (unpaired) electrons. The normalized spacial score (nSPS) is 10.9. The first-order valence-electron chi connectivity index (χ1n) is 3.72. The van der Waals surface area contributed by atoms with Crippen LogP contribution in [0.5, 0.6) is 0 Å². The Bertz CT molecular complexity index is 453.